The maximum absolute atomic E-state index is 11.6. The van der Waals surface area contributed by atoms with E-state index in [1.54, 1.807) is 0 Å². The monoisotopic (exact) mass is 213 g/mol. The Hall–Kier alpha value is -0.770. The Bertz CT molecular complexity index is 210. The molecule has 0 aromatic rings. The van der Waals surface area contributed by atoms with Crippen LogP contribution in [-0.2, 0) is 0 Å². The third-order valence-corrected chi connectivity index (χ3v) is 3.28. The molecular weight excluding hydrogens is 190 g/mol. The normalized spacial score (nSPS) is 20.1. The van der Waals surface area contributed by atoms with Gasteiger partial charge in [-0.05, 0) is 31.2 Å². The van der Waals surface area contributed by atoms with Crippen molar-refractivity contribution in [3.8, 4) is 0 Å². The Balaban J connectivity index is 2.33. The van der Waals surface area contributed by atoms with Crippen LogP contribution < -0.4 is 11.1 Å². The van der Waals surface area contributed by atoms with Gasteiger partial charge >= 0.3 is 6.03 Å². The SMILES string of the molecule is CCCNC(=O)N1CCC(C)(CN)CC1. The van der Waals surface area contributed by atoms with Crippen molar-refractivity contribution in [3.63, 3.8) is 0 Å². The maximum Gasteiger partial charge on any atom is 0.317 e. The highest BCUT2D eigenvalue weighted by atomic mass is 16.2. The number of rotatable bonds is 3. The largest absolute Gasteiger partial charge is 0.338 e. The van der Waals surface area contributed by atoms with E-state index in [2.05, 4.69) is 19.2 Å². The molecule has 1 saturated heterocycles. The Kier molecular flexibility index (Phi) is 4.39. The number of hydrogen-bond donors (Lipinski definition) is 2. The van der Waals surface area contributed by atoms with Gasteiger partial charge in [-0.1, -0.05) is 13.8 Å². The predicted molar refractivity (Wildman–Crippen MR) is 61.7 cm³/mol. The van der Waals surface area contributed by atoms with Gasteiger partial charge in [-0.3, -0.25) is 0 Å². The fraction of sp³-hybridized carbons (Fsp3) is 0.909. The van der Waals surface area contributed by atoms with Gasteiger partial charge in [-0.2, -0.15) is 0 Å². The van der Waals surface area contributed by atoms with Crippen LogP contribution in [0.15, 0.2) is 0 Å². The van der Waals surface area contributed by atoms with Crippen molar-refractivity contribution in [2.75, 3.05) is 26.2 Å². The average molecular weight is 213 g/mol. The van der Waals surface area contributed by atoms with Crippen molar-refractivity contribution >= 4 is 6.03 Å². The van der Waals surface area contributed by atoms with Gasteiger partial charge in [0.1, 0.15) is 0 Å². The van der Waals surface area contributed by atoms with E-state index in [0.29, 0.717) is 0 Å². The zero-order valence-electron chi connectivity index (χ0n) is 9.88. The minimum Gasteiger partial charge on any atom is -0.338 e. The molecule has 0 unspecified atom stereocenters. The summed E-state index contributed by atoms with van der Waals surface area (Å²) in [6.07, 6.45) is 3.02. The molecule has 88 valence electrons. The molecule has 3 N–H and O–H groups in total. The highest BCUT2D eigenvalue weighted by Gasteiger charge is 2.30. The summed E-state index contributed by atoms with van der Waals surface area (Å²) in [6, 6.07) is 0.0796. The predicted octanol–water partition coefficient (Wildman–Crippen LogP) is 1.17. The van der Waals surface area contributed by atoms with E-state index in [-0.39, 0.29) is 11.4 Å². The van der Waals surface area contributed by atoms with Gasteiger partial charge in [-0.25, -0.2) is 4.79 Å². The molecule has 4 nitrogen and oxygen atoms in total. The standard InChI is InChI=1S/C11H23N3O/c1-3-6-13-10(15)14-7-4-11(2,9-12)5-8-14/h3-9,12H2,1-2H3,(H,13,15). The number of amides is 2. The highest BCUT2D eigenvalue weighted by molar-refractivity contribution is 5.74. The summed E-state index contributed by atoms with van der Waals surface area (Å²) in [4.78, 5) is 13.5. The molecule has 0 bridgehead atoms. The fourth-order valence-electron chi connectivity index (χ4n) is 1.80. The van der Waals surface area contributed by atoms with Crippen LogP contribution >= 0.6 is 0 Å². The first-order chi connectivity index (χ1) is 7.11. The van der Waals surface area contributed by atoms with Crippen molar-refractivity contribution < 1.29 is 4.79 Å². The zero-order valence-corrected chi connectivity index (χ0v) is 9.88. The average Bonchev–Trinajstić information content (AvgIpc) is 2.27. The van der Waals surface area contributed by atoms with Crippen LogP contribution in [0.25, 0.3) is 0 Å². The second-order valence-corrected chi connectivity index (χ2v) is 4.73. The minimum absolute atomic E-state index is 0.0796. The summed E-state index contributed by atoms with van der Waals surface area (Å²) in [5.74, 6) is 0. The smallest absolute Gasteiger partial charge is 0.317 e. The van der Waals surface area contributed by atoms with Crippen LogP contribution in [0.3, 0.4) is 0 Å². The molecule has 0 saturated carbocycles. The van der Waals surface area contributed by atoms with Gasteiger partial charge in [0, 0.05) is 19.6 Å². The molecule has 0 aliphatic carbocycles. The van der Waals surface area contributed by atoms with Gasteiger partial charge in [-0.15, -0.1) is 0 Å². The number of hydrogen-bond acceptors (Lipinski definition) is 2. The lowest BCUT2D eigenvalue weighted by molar-refractivity contribution is 0.134. The summed E-state index contributed by atoms with van der Waals surface area (Å²) in [7, 11) is 0. The zero-order chi connectivity index (χ0) is 11.3. The number of carbonyl (C=O) groups is 1. The second kappa shape index (κ2) is 5.35. The molecule has 15 heavy (non-hydrogen) atoms. The maximum atomic E-state index is 11.6. The molecule has 1 fully saturated rings. The molecule has 1 aliphatic rings. The number of nitrogens with one attached hydrogen (secondary N) is 1. The molecule has 1 rings (SSSR count). The Morgan fingerprint density at radius 3 is 2.53 bits per heavy atom. The van der Waals surface area contributed by atoms with Gasteiger partial charge in [0.2, 0.25) is 0 Å². The van der Waals surface area contributed by atoms with Crippen molar-refractivity contribution in [2.45, 2.75) is 33.1 Å². The lowest BCUT2D eigenvalue weighted by Gasteiger charge is -2.38. The molecule has 4 heteroatoms. The van der Waals surface area contributed by atoms with Crippen LogP contribution in [0, 0.1) is 5.41 Å². The summed E-state index contributed by atoms with van der Waals surface area (Å²) < 4.78 is 0. The third-order valence-electron chi connectivity index (χ3n) is 3.28. The van der Waals surface area contributed by atoms with Crippen LogP contribution in [0.4, 0.5) is 4.79 Å². The van der Waals surface area contributed by atoms with Crippen molar-refractivity contribution in [1.29, 1.82) is 0 Å². The lowest BCUT2D eigenvalue weighted by Crippen LogP contribution is -2.48. The van der Waals surface area contributed by atoms with E-state index in [4.69, 9.17) is 5.73 Å². The van der Waals surface area contributed by atoms with E-state index in [0.717, 1.165) is 45.4 Å². The number of carbonyl (C=O) groups excluding carboxylic acids is 1. The molecule has 1 aliphatic heterocycles. The third kappa shape index (κ3) is 3.38. The summed E-state index contributed by atoms with van der Waals surface area (Å²) in [6.45, 7) is 7.42. The van der Waals surface area contributed by atoms with E-state index in [1.807, 2.05) is 4.90 Å². The fourth-order valence-corrected chi connectivity index (χ4v) is 1.80. The molecule has 0 spiro atoms. The van der Waals surface area contributed by atoms with Gasteiger partial charge in [0.15, 0.2) is 0 Å². The minimum atomic E-state index is 0.0796. The summed E-state index contributed by atoms with van der Waals surface area (Å²) >= 11 is 0. The topological polar surface area (TPSA) is 58.4 Å². The van der Waals surface area contributed by atoms with Crippen LogP contribution in [-0.4, -0.2) is 37.1 Å². The van der Waals surface area contributed by atoms with E-state index < -0.39 is 0 Å². The number of nitrogens with zero attached hydrogens (tertiary/aromatic N) is 1. The van der Waals surface area contributed by atoms with Gasteiger partial charge in [0.05, 0.1) is 0 Å². The first kappa shape index (κ1) is 12.3. The lowest BCUT2D eigenvalue weighted by atomic mass is 9.81. The van der Waals surface area contributed by atoms with Crippen LogP contribution in [0.1, 0.15) is 33.1 Å². The van der Waals surface area contributed by atoms with Crippen molar-refractivity contribution in [3.05, 3.63) is 0 Å². The Morgan fingerprint density at radius 1 is 1.47 bits per heavy atom. The molecule has 2 amide bonds. The first-order valence-electron chi connectivity index (χ1n) is 5.84. The quantitative estimate of drug-likeness (QED) is 0.739. The molecule has 0 atom stereocenters. The molecule has 0 radical (unpaired) electrons. The van der Waals surface area contributed by atoms with Gasteiger partial charge < -0.3 is 16.0 Å². The van der Waals surface area contributed by atoms with E-state index >= 15 is 0 Å². The van der Waals surface area contributed by atoms with Crippen LogP contribution in [0.5, 0.6) is 0 Å². The number of urea groups is 1. The van der Waals surface area contributed by atoms with Crippen molar-refractivity contribution in [2.24, 2.45) is 11.1 Å². The number of piperidine rings is 1. The van der Waals surface area contributed by atoms with Gasteiger partial charge in [0.25, 0.3) is 0 Å². The van der Waals surface area contributed by atoms with Crippen molar-refractivity contribution in [1.82, 2.24) is 10.2 Å². The molecule has 1 heterocycles. The van der Waals surface area contributed by atoms with Crippen LogP contribution in [0.2, 0.25) is 0 Å². The molecule has 0 aromatic carbocycles. The number of nitrogens with two attached hydrogens (primary N) is 1. The number of likely N-dealkylation sites (tertiary alicyclic amines) is 1. The second-order valence-electron chi connectivity index (χ2n) is 4.73. The first-order valence-corrected chi connectivity index (χ1v) is 5.84. The summed E-state index contributed by atoms with van der Waals surface area (Å²) in [5, 5.41) is 2.90. The van der Waals surface area contributed by atoms with E-state index in [1.165, 1.54) is 0 Å². The molecule has 0 aromatic heterocycles. The highest BCUT2D eigenvalue weighted by Crippen LogP contribution is 2.29. The van der Waals surface area contributed by atoms with E-state index in [9.17, 15) is 4.79 Å². The molecular formula is C11H23N3O. The Morgan fingerprint density at radius 2 is 2.07 bits per heavy atom. The summed E-state index contributed by atoms with van der Waals surface area (Å²) in [5.41, 5.74) is 5.96. The Labute approximate surface area is 92.2 Å².